The number of aromatic nitrogens is 2. The molecule has 0 spiro atoms. The second kappa shape index (κ2) is 5.96. The highest BCUT2D eigenvalue weighted by Crippen LogP contribution is 2.07. The lowest BCUT2D eigenvalue weighted by molar-refractivity contribution is 0.307. The zero-order chi connectivity index (χ0) is 11.9. The fourth-order valence-electron chi connectivity index (χ4n) is 1.51. The number of aliphatic imine (C=N–C) groups is 1. The SMILES string of the molecule is OCC/N=C/Cc1cnn(-c2ccccc2)c1. The smallest absolute Gasteiger partial charge is 0.0645 e. The van der Waals surface area contributed by atoms with E-state index in [-0.39, 0.29) is 6.61 Å². The van der Waals surface area contributed by atoms with Crippen LogP contribution in [-0.4, -0.2) is 34.3 Å². The van der Waals surface area contributed by atoms with Crippen LogP contribution in [0.3, 0.4) is 0 Å². The normalized spacial score (nSPS) is 11.1. The van der Waals surface area contributed by atoms with Crippen molar-refractivity contribution in [1.29, 1.82) is 0 Å². The largest absolute Gasteiger partial charge is 0.394 e. The molecule has 17 heavy (non-hydrogen) atoms. The first-order valence-corrected chi connectivity index (χ1v) is 5.58. The molecular weight excluding hydrogens is 214 g/mol. The van der Waals surface area contributed by atoms with Crippen LogP contribution in [0.5, 0.6) is 0 Å². The molecule has 2 aromatic rings. The van der Waals surface area contributed by atoms with Gasteiger partial charge in [-0.2, -0.15) is 5.10 Å². The molecule has 0 radical (unpaired) electrons. The molecule has 1 aromatic heterocycles. The molecule has 88 valence electrons. The number of rotatable bonds is 5. The van der Waals surface area contributed by atoms with Gasteiger partial charge in [0.1, 0.15) is 0 Å². The zero-order valence-corrected chi connectivity index (χ0v) is 9.53. The molecular formula is C13H15N3O. The zero-order valence-electron chi connectivity index (χ0n) is 9.53. The Bertz CT molecular complexity index is 476. The highest BCUT2D eigenvalue weighted by atomic mass is 16.3. The summed E-state index contributed by atoms with van der Waals surface area (Å²) in [5.74, 6) is 0. The molecule has 0 aliphatic rings. The minimum absolute atomic E-state index is 0.0970. The molecule has 1 aromatic carbocycles. The van der Waals surface area contributed by atoms with E-state index in [4.69, 9.17) is 5.11 Å². The van der Waals surface area contributed by atoms with Gasteiger partial charge in [-0.3, -0.25) is 4.99 Å². The van der Waals surface area contributed by atoms with Gasteiger partial charge in [0.05, 0.1) is 25.0 Å². The lowest BCUT2D eigenvalue weighted by atomic mass is 10.3. The van der Waals surface area contributed by atoms with E-state index < -0.39 is 0 Å². The van der Waals surface area contributed by atoms with Gasteiger partial charge in [0.25, 0.3) is 0 Å². The van der Waals surface area contributed by atoms with Gasteiger partial charge in [-0.05, 0) is 17.7 Å². The van der Waals surface area contributed by atoms with E-state index in [2.05, 4.69) is 10.1 Å². The minimum atomic E-state index is 0.0970. The van der Waals surface area contributed by atoms with Crippen molar-refractivity contribution in [2.45, 2.75) is 6.42 Å². The van der Waals surface area contributed by atoms with Crippen LogP contribution >= 0.6 is 0 Å². The maximum atomic E-state index is 8.59. The van der Waals surface area contributed by atoms with Gasteiger partial charge in [0.2, 0.25) is 0 Å². The van der Waals surface area contributed by atoms with Crippen molar-refractivity contribution in [1.82, 2.24) is 9.78 Å². The molecule has 0 saturated heterocycles. The Kier molecular flexibility index (Phi) is 4.05. The first kappa shape index (κ1) is 11.5. The van der Waals surface area contributed by atoms with E-state index in [1.54, 1.807) is 0 Å². The molecule has 0 aliphatic heterocycles. The highest BCUT2D eigenvalue weighted by Gasteiger charge is 1.98. The maximum absolute atomic E-state index is 8.59. The van der Waals surface area contributed by atoms with Crippen LogP contribution in [0, 0.1) is 0 Å². The average Bonchev–Trinajstić information content (AvgIpc) is 2.85. The fourth-order valence-corrected chi connectivity index (χ4v) is 1.51. The predicted molar refractivity (Wildman–Crippen MR) is 67.7 cm³/mol. The molecule has 4 nitrogen and oxygen atoms in total. The van der Waals surface area contributed by atoms with E-state index in [9.17, 15) is 0 Å². The van der Waals surface area contributed by atoms with Gasteiger partial charge in [-0.1, -0.05) is 18.2 Å². The van der Waals surface area contributed by atoms with Gasteiger partial charge in [-0.25, -0.2) is 4.68 Å². The monoisotopic (exact) mass is 229 g/mol. The minimum Gasteiger partial charge on any atom is -0.394 e. The topological polar surface area (TPSA) is 50.4 Å². The third-order valence-corrected chi connectivity index (χ3v) is 2.34. The van der Waals surface area contributed by atoms with Crippen molar-refractivity contribution in [3.8, 4) is 5.69 Å². The van der Waals surface area contributed by atoms with Crippen LogP contribution < -0.4 is 0 Å². The standard InChI is InChI=1S/C13H15N3O/c17-9-8-14-7-6-12-10-15-16(11-12)13-4-2-1-3-5-13/h1-5,7,10-11,17H,6,8-9H2/b14-7+. The van der Waals surface area contributed by atoms with Crippen molar-refractivity contribution in [2.24, 2.45) is 4.99 Å². The molecule has 4 heteroatoms. The molecule has 1 N–H and O–H groups in total. The van der Waals surface area contributed by atoms with Crippen LogP contribution in [0.1, 0.15) is 5.56 Å². The molecule has 0 bridgehead atoms. The molecule has 0 saturated carbocycles. The second-order valence-corrected chi connectivity index (χ2v) is 3.65. The van der Waals surface area contributed by atoms with Gasteiger partial charge in [-0.15, -0.1) is 0 Å². The van der Waals surface area contributed by atoms with E-state index in [0.29, 0.717) is 6.54 Å². The summed E-state index contributed by atoms with van der Waals surface area (Å²) < 4.78 is 1.84. The third kappa shape index (κ3) is 3.26. The lowest BCUT2D eigenvalue weighted by Gasteiger charge is -1.98. The van der Waals surface area contributed by atoms with E-state index >= 15 is 0 Å². The van der Waals surface area contributed by atoms with Crippen molar-refractivity contribution in [3.63, 3.8) is 0 Å². The summed E-state index contributed by atoms with van der Waals surface area (Å²) in [5, 5.41) is 12.9. The van der Waals surface area contributed by atoms with Crippen molar-refractivity contribution in [3.05, 3.63) is 48.3 Å². The Hall–Kier alpha value is -1.94. The number of hydrogen-bond acceptors (Lipinski definition) is 3. The van der Waals surface area contributed by atoms with Gasteiger partial charge >= 0.3 is 0 Å². The molecule has 0 unspecified atom stereocenters. The number of benzene rings is 1. The Morgan fingerprint density at radius 1 is 1.29 bits per heavy atom. The van der Waals surface area contributed by atoms with Gasteiger partial charge < -0.3 is 5.11 Å². The van der Waals surface area contributed by atoms with Crippen molar-refractivity contribution < 1.29 is 5.11 Å². The Balaban J connectivity index is 2.01. The summed E-state index contributed by atoms with van der Waals surface area (Å²) in [5.41, 5.74) is 2.15. The Morgan fingerprint density at radius 2 is 2.12 bits per heavy atom. The van der Waals surface area contributed by atoms with Crippen LogP contribution in [0.2, 0.25) is 0 Å². The van der Waals surface area contributed by atoms with E-state index in [1.807, 2.05) is 53.6 Å². The number of hydrogen-bond donors (Lipinski definition) is 1. The van der Waals surface area contributed by atoms with Crippen molar-refractivity contribution >= 4 is 6.21 Å². The first-order valence-electron chi connectivity index (χ1n) is 5.58. The first-order chi connectivity index (χ1) is 8.40. The number of para-hydroxylation sites is 1. The summed E-state index contributed by atoms with van der Waals surface area (Å²) >= 11 is 0. The number of aliphatic hydroxyl groups excluding tert-OH is 1. The molecule has 0 amide bonds. The molecule has 1 heterocycles. The number of nitrogens with zero attached hydrogens (tertiary/aromatic N) is 3. The van der Waals surface area contributed by atoms with Gasteiger partial charge in [0.15, 0.2) is 0 Å². The van der Waals surface area contributed by atoms with Crippen LogP contribution in [-0.2, 0) is 6.42 Å². The Morgan fingerprint density at radius 3 is 2.88 bits per heavy atom. The van der Waals surface area contributed by atoms with E-state index in [1.165, 1.54) is 0 Å². The second-order valence-electron chi connectivity index (χ2n) is 3.65. The summed E-state index contributed by atoms with van der Waals surface area (Å²) in [6.07, 6.45) is 6.37. The highest BCUT2D eigenvalue weighted by molar-refractivity contribution is 5.61. The third-order valence-electron chi connectivity index (χ3n) is 2.34. The maximum Gasteiger partial charge on any atom is 0.0645 e. The Labute approximate surface area is 100 Å². The van der Waals surface area contributed by atoms with Crippen LogP contribution in [0.4, 0.5) is 0 Å². The molecule has 0 aliphatic carbocycles. The molecule has 0 fully saturated rings. The quantitative estimate of drug-likeness (QED) is 0.789. The fraction of sp³-hybridized carbons (Fsp3) is 0.231. The lowest BCUT2D eigenvalue weighted by Crippen LogP contribution is -1.93. The molecule has 2 rings (SSSR count). The van der Waals surface area contributed by atoms with Crippen molar-refractivity contribution in [2.75, 3.05) is 13.2 Å². The predicted octanol–water partition coefficient (Wildman–Crippen LogP) is 1.48. The van der Waals surface area contributed by atoms with E-state index in [0.717, 1.165) is 17.7 Å². The molecule has 0 atom stereocenters. The summed E-state index contributed by atoms with van der Waals surface area (Å²) in [7, 11) is 0. The summed E-state index contributed by atoms with van der Waals surface area (Å²) in [6, 6.07) is 9.97. The average molecular weight is 229 g/mol. The van der Waals surface area contributed by atoms with Crippen LogP contribution in [0.15, 0.2) is 47.7 Å². The summed E-state index contributed by atoms with van der Waals surface area (Å²) in [6.45, 7) is 0.562. The van der Waals surface area contributed by atoms with Gasteiger partial charge in [0, 0.05) is 18.8 Å². The summed E-state index contributed by atoms with van der Waals surface area (Å²) in [4.78, 5) is 4.06. The number of aliphatic hydroxyl groups is 1. The van der Waals surface area contributed by atoms with Crippen LogP contribution in [0.25, 0.3) is 5.69 Å².